The third-order valence-electron chi connectivity index (χ3n) is 3.67. The van der Waals surface area contributed by atoms with Gasteiger partial charge in [-0.3, -0.25) is 10.1 Å². The van der Waals surface area contributed by atoms with E-state index in [4.69, 9.17) is 27.9 Å². The summed E-state index contributed by atoms with van der Waals surface area (Å²) in [5, 5.41) is 4.61. The number of halogens is 3. The molecular weight excluding hydrogens is 471 g/mol. The van der Waals surface area contributed by atoms with Crippen LogP contribution >= 0.6 is 50.5 Å². The van der Waals surface area contributed by atoms with Crippen LogP contribution in [0.5, 0.6) is 5.75 Å². The minimum atomic E-state index is -0.267. The standard InChI is InChI=1S/C19H15BrCl2N2O2S/c1-11-17(9-12-2-7-15(20)16(22)8-12)27-19(23-11)24-18(25)10-26-14-5-3-13(21)4-6-14/h2-8H,9-10H2,1H3,(H,23,24,25). The fourth-order valence-corrected chi connectivity index (χ4v) is 3.90. The van der Waals surface area contributed by atoms with Crippen LogP contribution in [0.1, 0.15) is 16.1 Å². The molecule has 0 bridgehead atoms. The number of benzene rings is 2. The van der Waals surface area contributed by atoms with Crippen molar-refractivity contribution in [2.75, 3.05) is 11.9 Å². The van der Waals surface area contributed by atoms with Gasteiger partial charge in [-0.2, -0.15) is 0 Å². The van der Waals surface area contributed by atoms with Gasteiger partial charge in [0.1, 0.15) is 5.75 Å². The topological polar surface area (TPSA) is 51.2 Å². The average Bonchev–Trinajstić information content (AvgIpc) is 2.96. The maximum atomic E-state index is 12.1. The number of thiazole rings is 1. The molecule has 8 heteroatoms. The average molecular weight is 486 g/mol. The Labute approximate surface area is 179 Å². The fourth-order valence-electron chi connectivity index (χ4n) is 2.32. The number of rotatable bonds is 6. The monoisotopic (exact) mass is 484 g/mol. The summed E-state index contributed by atoms with van der Waals surface area (Å²) in [6, 6.07) is 12.7. The van der Waals surface area contributed by atoms with Crippen molar-refractivity contribution in [3.8, 4) is 5.75 Å². The van der Waals surface area contributed by atoms with E-state index in [2.05, 4.69) is 26.2 Å². The number of anilines is 1. The number of aryl methyl sites for hydroxylation is 1. The van der Waals surface area contributed by atoms with Crippen LogP contribution in [0, 0.1) is 6.92 Å². The molecule has 0 aliphatic carbocycles. The van der Waals surface area contributed by atoms with Gasteiger partial charge in [-0.1, -0.05) is 29.3 Å². The van der Waals surface area contributed by atoms with Gasteiger partial charge in [0.15, 0.2) is 11.7 Å². The first-order valence-electron chi connectivity index (χ1n) is 7.99. The Morgan fingerprint density at radius 2 is 1.96 bits per heavy atom. The molecule has 27 heavy (non-hydrogen) atoms. The zero-order valence-corrected chi connectivity index (χ0v) is 18.2. The van der Waals surface area contributed by atoms with Crippen molar-refractivity contribution in [1.82, 2.24) is 4.98 Å². The Kier molecular flexibility index (Phi) is 6.76. The van der Waals surface area contributed by atoms with Crippen LogP contribution in [0.3, 0.4) is 0 Å². The number of ether oxygens (including phenoxy) is 1. The summed E-state index contributed by atoms with van der Waals surface area (Å²) in [6.45, 7) is 1.82. The van der Waals surface area contributed by atoms with E-state index in [1.165, 1.54) is 11.3 Å². The molecule has 0 saturated carbocycles. The molecule has 0 aliphatic heterocycles. The summed E-state index contributed by atoms with van der Waals surface area (Å²) >= 11 is 16.8. The second-order valence-corrected chi connectivity index (χ2v) is 8.53. The highest BCUT2D eigenvalue weighted by Gasteiger charge is 2.12. The molecule has 1 aromatic heterocycles. The molecule has 1 heterocycles. The highest BCUT2D eigenvalue weighted by molar-refractivity contribution is 9.10. The molecule has 0 spiro atoms. The Balaban J connectivity index is 1.59. The lowest BCUT2D eigenvalue weighted by Gasteiger charge is -2.05. The summed E-state index contributed by atoms with van der Waals surface area (Å²) < 4.78 is 6.30. The molecule has 4 nitrogen and oxygen atoms in total. The summed E-state index contributed by atoms with van der Waals surface area (Å²) in [4.78, 5) is 17.6. The molecule has 0 fully saturated rings. The van der Waals surface area contributed by atoms with Gasteiger partial charge in [0.05, 0.1) is 10.7 Å². The molecule has 0 atom stereocenters. The minimum absolute atomic E-state index is 0.0993. The normalized spacial score (nSPS) is 10.7. The Morgan fingerprint density at radius 3 is 2.67 bits per heavy atom. The van der Waals surface area contributed by atoms with Crippen LogP contribution in [0.2, 0.25) is 10.0 Å². The minimum Gasteiger partial charge on any atom is -0.484 e. The summed E-state index contributed by atoms with van der Waals surface area (Å²) in [6.07, 6.45) is 0.702. The van der Waals surface area contributed by atoms with Crippen LogP contribution in [0.15, 0.2) is 46.9 Å². The van der Waals surface area contributed by atoms with Crippen molar-refractivity contribution in [3.63, 3.8) is 0 Å². The van der Waals surface area contributed by atoms with E-state index in [0.29, 0.717) is 27.3 Å². The highest BCUT2D eigenvalue weighted by Crippen LogP contribution is 2.28. The Bertz CT molecular complexity index is 961. The largest absolute Gasteiger partial charge is 0.484 e. The number of hydrogen-bond donors (Lipinski definition) is 1. The van der Waals surface area contributed by atoms with Gasteiger partial charge in [0, 0.05) is 20.8 Å². The van der Waals surface area contributed by atoms with Gasteiger partial charge < -0.3 is 4.74 Å². The molecule has 0 radical (unpaired) electrons. The quantitative estimate of drug-likeness (QED) is 0.456. The van der Waals surface area contributed by atoms with Crippen LogP contribution < -0.4 is 10.1 Å². The zero-order chi connectivity index (χ0) is 19.4. The molecule has 1 N–H and O–H groups in total. The van der Waals surface area contributed by atoms with E-state index in [-0.39, 0.29) is 12.5 Å². The van der Waals surface area contributed by atoms with Crippen molar-refractivity contribution < 1.29 is 9.53 Å². The van der Waals surface area contributed by atoms with Gasteiger partial charge in [-0.05, 0) is 64.8 Å². The van der Waals surface area contributed by atoms with E-state index in [1.807, 2.05) is 25.1 Å². The lowest BCUT2D eigenvalue weighted by atomic mass is 10.1. The number of carbonyl (C=O) groups excluding carboxylic acids is 1. The molecule has 2 aromatic carbocycles. The second kappa shape index (κ2) is 9.06. The molecule has 1 amide bonds. The first kappa shape index (κ1) is 20.1. The van der Waals surface area contributed by atoms with Gasteiger partial charge in [-0.25, -0.2) is 4.98 Å². The van der Waals surface area contributed by atoms with Crippen molar-refractivity contribution in [2.45, 2.75) is 13.3 Å². The first-order valence-corrected chi connectivity index (χ1v) is 10.4. The maximum Gasteiger partial charge on any atom is 0.264 e. The van der Waals surface area contributed by atoms with Crippen LogP contribution in [0.25, 0.3) is 0 Å². The molecule has 0 unspecified atom stereocenters. The number of nitrogens with zero attached hydrogens (tertiary/aromatic N) is 1. The number of aromatic nitrogens is 1. The van der Waals surface area contributed by atoms with E-state index in [9.17, 15) is 4.79 Å². The van der Waals surface area contributed by atoms with E-state index in [1.54, 1.807) is 24.3 Å². The smallest absolute Gasteiger partial charge is 0.264 e. The molecule has 3 rings (SSSR count). The summed E-state index contributed by atoms with van der Waals surface area (Å²) in [7, 11) is 0. The second-order valence-electron chi connectivity index (χ2n) is 5.74. The zero-order valence-electron chi connectivity index (χ0n) is 14.3. The first-order chi connectivity index (χ1) is 12.9. The lowest BCUT2D eigenvalue weighted by Crippen LogP contribution is -2.20. The third kappa shape index (κ3) is 5.69. The predicted molar refractivity (Wildman–Crippen MR) is 114 cm³/mol. The van der Waals surface area contributed by atoms with E-state index >= 15 is 0 Å². The van der Waals surface area contributed by atoms with Crippen molar-refractivity contribution >= 4 is 61.5 Å². The van der Waals surface area contributed by atoms with Gasteiger partial charge >= 0.3 is 0 Å². The number of amides is 1. The number of carbonyl (C=O) groups is 1. The number of nitrogens with one attached hydrogen (secondary N) is 1. The third-order valence-corrected chi connectivity index (χ3v) is 6.23. The van der Waals surface area contributed by atoms with Crippen molar-refractivity contribution in [3.05, 3.63) is 73.1 Å². The van der Waals surface area contributed by atoms with Crippen molar-refractivity contribution in [2.24, 2.45) is 0 Å². The Hall–Kier alpha value is -1.60. The van der Waals surface area contributed by atoms with E-state index < -0.39 is 0 Å². The van der Waals surface area contributed by atoms with Crippen LogP contribution in [-0.2, 0) is 11.2 Å². The highest BCUT2D eigenvalue weighted by atomic mass is 79.9. The number of hydrogen-bond acceptors (Lipinski definition) is 4. The maximum absolute atomic E-state index is 12.1. The predicted octanol–water partition coefficient (Wildman–Crippen LogP) is 6.13. The Morgan fingerprint density at radius 1 is 1.22 bits per heavy atom. The van der Waals surface area contributed by atoms with Gasteiger partial charge in [0.25, 0.3) is 5.91 Å². The van der Waals surface area contributed by atoms with Crippen LogP contribution in [0.4, 0.5) is 5.13 Å². The van der Waals surface area contributed by atoms with Gasteiger partial charge in [0.2, 0.25) is 0 Å². The molecule has 140 valence electrons. The lowest BCUT2D eigenvalue weighted by molar-refractivity contribution is -0.118. The van der Waals surface area contributed by atoms with Crippen LogP contribution in [-0.4, -0.2) is 17.5 Å². The molecular formula is C19H15BrCl2N2O2S. The van der Waals surface area contributed by atoms with Crippen molar-refractivity contribution in [1.29, 1.82) is 0 Å². The SMILES string of the molecule is Cc1nc(NC(=O)COc2ccc(Cl)cc2)sc1Cc1ccc(Br)c(Cl)c1. The molecule has 0 aliphatic rings. The van der Waals surface area contributed by atoms with E-state index in [0.717, 1.165) is 20.6 Å². The van der Waals surface area contributed by atoms with Gasteiger partial charge in [-0.15, -0.1) is 11.3 Å². The summed E-state index contributed by atoms with van der Waals surface area (Å²) in [5.74, 6) is 0.314. The summed E-state index contributed by atoms with van der Waals surface area (Å²) in [5.41, 5.74) is 1.96. The fraction of sp³-hybridized carbons (Fsp3) is 0.158. The molecule has 3 aromatic rings. The molecule has 0 saturated heterocycles.